The molecule has 0 N–H and O–H groups in total. The lowest BCUT2D eigenvalue weighted by Gasteiger charge is -2.36. The van der Waals surface area contributed by atoms with Crippen LogP contribution in [-0.2, 0) is 6.54 Å². The summed E-state index contributed by atoms with van der Waals surface area (Å²) in [5, 5.41) is 4.27. The molecule has 1 aliphatic rings. The molecule has 4 aromatic rings. The summed E-state index contributed by atoms with van der Waals surface area (Å²) >= 11 is 0. The lowest BCUT2D eigenvalue weighted by atomic mass is 9.97. The number of benzene rings is 3. The summed E-state index contributed by atoms with van der Waals surface area (Å²) in [6, 6.07) is 26.3. The van der Waals surface area contributed by atoms with Crippen molar-refractivity contribution in [2.75, 3.05) is 38.2 Å². The van der Waals surface area contributed by atoms with E-state index in [1.165, 1.54) is 5.56 Å². The lowest BCUT2D eigenvalue weighted by molar-refractivity contribution is 0.0747. The zero-order valence-corrected chi connectivity index (χ0v) is 19.3. The van der Waals surface area contributed by atoms with Crippen LogP contribution >= 0.6 is 0 Å². The Labute approximate surface area is 200 Å². The third kappa shape index (κ3) is 4.66. The van der Waals surface area contributed by atoms with Gasteiger partial charge in [-0.1, -0.05) is 42.5 Å². The quantitative estimate of drug-likeness (QED) is 0.430. The number of carbonyl (C=O) groups excluding carboxylic acids is 1. The molecule has 1 saturated heterocycles. The van der Waals surface area contributed by atoms with Crippen LogP contribution in [0.15, 0.2) is 91.3 Å². The lowest BCUT2D eigenvalue weighted by Crippen LogP contribution is -2.48. The smallest absolute Gasteiger partial charge is 0.254 e. The first-order chi connectivity index (χ1) is 16.7. The molecule has 0 bridgehead atoms. The number of nitrogens with zero attached hydrogens (tertiary/aromatic N) is 4. The maximum atomic E-state index is 13.5. The number of ether oxygens (including phenoxy) is 1. The highest BCUT2D eigenvalue weighted by Crippen LogP contribution is 2.27. The molecule has 2 heterocycles. The second-order valence-corrected chi connectivity index (χ2v) is 8.42. The number of anilines is 1. The predicted molar refractivity (Wildman–Crippen MR) is 134 cm³/mol. The summed E-state index contributed by atoms with van der Waals surface area (Å²) in [5.74, 6) is 0.939. The van der Waals surface area contributed by atoms with Gasteiger partial charge in [0.2, 0.25) is 0 Å². The van der Waals surface area contributed by atoms with E-state index in [-0.39, 0.29) is 5.91 Å². The topological polar surface area (TPSA) is 50.6 Å². The zero-order chi connectivity index (χ0) is 23.3. The van der Waals surface area contributed by atoms with E-state index in [0.717, 1.165) is 47.8 Å². The first-order valence-corrected chi connectivity index (χ1v) is 11.6. The summed E-state index contributed by atoms with van der Waals surface area (Å²) in [4.78, 5) is 17.8. The number of amides is 1. The van der Waals surface area contributed by atoms with Gasteiger partial charge in [0, 0.05) is 49.8 Å². The molecule has 172 valence electrons. The van der Waals surface area contributed by atoms with Gasteiger partial charge in [-0.25, -0.2) is 0 Å². The largest absolute Gasteiger partial charge is 0.497 e. The third-order valence-corrected chi connectivity index (χ3v) is 6.33. The Bertz CT molecular complexity index is 1230. The average Bonchev–Trinajstić information content (AvgIpc) is 3.42. The Hall–Kier alpha value is -4.06. The van der Waals surface area contributed by atoms with Gasteiger partial charge in [-0.05, 0) is 53.1 Å². The van der Waals surface area contributed by atoms with E-state index in [1.54, 1.807) is 13.3 Å². The van der Waals surface area contributed by atoms with Crippen LogP contribution in [0.3, 0.4) is 0 Å². The van der Waals surface area contributed by atoms with Gasteiger partial charge in [0.05, 0.1) is 13.7 Å². The van der Waals surface area contributed by atoms with Crippen molar-refractivity contribution < 1.29 is 9.53 Å². The molecule has 0 radical (unpaired) electrons. The molecule has 1 amide bonds. The van der Waals surface area contributed by atoms with Gasteiger partial charge in [-0.2, -0.15) is 5.10 Å². The van der Waals surface area contributed by atoms with Crippen LogP contribution in [0.1, 0.15) is 15.9 Å². The summed E-state index contributed by atoms with van der Waals surface area (Å²) in [5.41, 5.74) is 5.09. The highest BCUT2D eigenvalue weighted by Gasteiger charge is 2.24. The summed E-state index contributed by atoms with van der Waals surface area (Å²) in [7, 11) is 1.67. The summed E-state index contributed by atoms with van der Waals surface area (Å²) < 4.78 is 7.16. The molecule has 1 aliphatic heterocycles. The van der Waals surface area contributed by atoms with Crippen LogP contribution in [0.4, 0.5) is 5.69 Å². The van der Waals surface area contributed by atoms with Crippen LogP contribution in [0.2, 0.25) is 0 Å². The van der Waals surface area contributed by atoms with E-state index in [2.05, 4.69) is 46.4 Å². The molecule has 34 heavy (non-hydrogen) atoms. The molecule has 0 saturated carbocycles. The molecule has 1 aromatic heterocycles. The Kier molecular flexibility index (Phi) is 6.29. The Morgan fingerprint density at radius 3 is 2.29 bits per heavy atom. The highest BCUT2D eigenvalue weighted by molar-refractivity contribution is 6.01. The standard InChI is InChI=1S/C28H28N4O2/c1-34-25-13-11-24(12-14-25)30-17-19-31(20-18-30)28(33)27-6-3-2-5-26(27)23-9-7-22(8-10-23)21-32-16-4-15-29-32/h2-16H,17-21H2,1H3. The summed E-state index contributed by atoms with van der Waals surface area (Å²) in [6.45, 7) is 3.74. The number of hydrogen-bond donors (Lipinski definition) is 0. The van der Waals surface area contributed by atoms with Crippen molar-refractivity contribution in [2.45, 2.75) is 6.54 Å². The Balaban J connectivity index is 1.28. The summed E-state index contributed by atoms with van der Waals surface area (Å²) in [6.07, 6.45) is 3.74. The number of aromatic nitrogens is 2. The van der Waals surface area contributed by atoms with Crippen molar-refractivity contribution in [3.63, 3.8) is 0 Å². The number of rotatable bonds is 6. The average molecular weight is 453 g/mol. The molecule has 0 atom stereocenters. The fraction of sp³-hybridized carbons (Fsp3) is 0.214. The number of methoxy groups -OCH3 is 1. The monoisotopic (exact) mass is 452 g/mol. The maximum absolute atomic E-state index is 13.5. The van der Waals surface area contributed by atoms with Gasteiger partial charge in [-0.15, -0.1) is 0 Å². The van der Waals surface area contributed by atoms with Crippen LogP contribution in [0.25, 0.3) is 11.1 Å². The van der Waals surface area contributed by atoms with E-state index in [1.807, 2.05) is 58.2 Å². The van der Waals surface area contributed by atoms with Crippen LogP contribution in [0, 0.1) is 0 Å². The number of piperazine rings is 1. The molecule has 0 unspecified atom stereocenters. The van der Waals surface area contributed by atoms with Crippen molar-refractivity contribution >= 4 is 11.6 Å². The van der Waals surface area contributed by atoms with Crippen LogP contribution < -0.4 is 9.64 Å². The van der Waals surface area contributed by atoms with Crippen LogP contribution in [0.5, 0.6) is 5.75 Å². The molecular weight excluding hydrogens is 424 g/mol. The Morgan fingerprint density at radius 2 is 1.62 bits per heavy atom. The zero-order valence-electron chi connectivity index (χ0n) is 19.3. The van der Waals surface area contributed by atoms with Gasteiger partial charge < -0.3 is 14.5 Å². The molecule has 0 aliphatic carbocycles. The van der Waals surface area contributed by atoms with Crippen molar-refractivity contribution in [3.05, 3.63) is 102 Å². The predicted octanol–water partition coefficient (Wildman–Crippen LogP) is 4.57. The van der Waals surface area contributed by atoms with Gasteiger partial charge in [-0.3, -0.25) is 9.48 Å². The SMILES string of the molecule is COc1ccc(N2CCN(C(=O)c3ccccc3-c3ccc(Cn4cccn4)cc3)CC2)cc1. The second-order valence-electron chi connectivity index (χ2n) is 8.42. The van der Waals surface area contributed by atoms with Gasteiger partial charge in [0.15, 0.2) is 0 Å². The van der Waals surface area contributed by atoms with E-state index < -0.39 is 0 Å². The van der Waals surface area contributed by atoms with Crippen molar-refractivity contribution in [2.24, 2.45) is 0 Å². The highest BCUT2D eigenvalue weighted by atomic mass is 16.5. The fourth-order valence-corrected chi connectivity index (χ4v) is 4.42. The number of hydrogen-bond acceptors (Lipinski definition) is 4. The first kappa shape index (κ1) is 21.8. The molecule has 0 spiro atoms. The van der Waals surface area contributed by atoms with Crippen molar-refractivity contribution in [1.29, 1.82) is 0 Å². The van der Waals surface area contributed by atoms with Gasteiger partial charge in [0.25, 0.3) is 5.91 Å². The minimum absolute atomic E-state index is 0.0885. The van der Waals surface area contributed by atoms with E-state index in [4.69, 9.17) is 4.74 Å². The van der Waals surface area contributed by atoms with Crippen LogP contribution in [-0.4, -0.2) is 53.9 Å². The first-order valence-electron chi connectivity index (χ1n) is 11.6. The second kappa shape index (κ2) is 9.83. The number of carbonyl (C=O) groups is 1. The van der Waals surface area contributed by atoms with E-state index >= 15 is 0 Å². The minimum Gasteiger partial charge on any atom is -0.497 e. The van der Waals surface area contributed by atoms with E-state index in [9.17, 15) is 4.79 Å². The normalized spacial score (nSPS) is 13.7. The van der Waals surface area contributed by atoms with Crippen molar-refractivity contribution in [3.8, 4) is 16.9 Å². The molecular formula is C28H28N4O2. The van der Waals surface area contributed by atoms with Gasteiger partial charge >= 0.3 is 0 Å². The van der Waals surface area contributed by atoms with Gasteiger partial charge in [0.1, 0.15) is 5.75 Å². The van der Waals surface area contributed by atoms with E-state index in [0.29, 0.717) is 13.1 Å². The maximum Gasteiger partial charge on any atom is 0.254 e. The molecule has 5 rings (SSSR count). The molecule has 1 fully saturated rings. The third-order valence-electron chi connectivity index (χ3n) is 6.33. The fourth-order valence-electron chi connectivity index (χ4n) is 4.42. The minimum atomic E-state index is 0.0885. The molecule has 3 aromatic carbocycles. The molecule has 6 heteroatoms. The van der Waals surface area contributed by atoms with Crippen molar-refractivity contribution in [1.82, 2.24) is 14.7 Å². The Morgan fingerprint density at radius 1 is 0.882 bits per heavy atom. The molecule has 6 nitrogen and oxygen atoms in total.